The van der Waals surface area contributed by atoms with Gasteiger partial charge in [0.15, 0.2) is 0 Å². The van der Waals surface area contributed by atoms with Crippen LogP contribution in [0.1, 0.15) is 74.5 Å². The normalized spacial score (nSPS) is 23.5. The molecule has 0 bridgehead atoms. The van der Waals surface area contributed by atoms with Gasteiger partial charge in [-0.15, -0.1) is 0 Å². The Bertz CT molecular complexity index is 447. The zero-order chi connectivity index (χ0) is 14.7. The smallest absolute Gasteiger partial charge is 0.0885 e. The van der Waals surface area contributed by atoms with Crippen molar-refractivity contribution in [3.8, 4) is 0 Å². The molecule has 2 fully saturated rings. The van der Waals surface area contributed by atoms with Gasteiger partial charge in [-0.1, -0.05) is 49.9 Å². The molecular weight excluding hydrogens is 260 g/mol. The first-order valence-electron chi connectivity index (χ1n) is 8.40. The van der Waals surface area contributed by atoms with E-state index in [1.807, 2.05) is 7.11 Å². The topological polar surface area (TPSA) is 47.3 Å². The molecule has 3 nitrogen and oxygen atoms in total. The van der Waals surface area contributed by atoms with Crippen molar-refractivity contribution >= 4 is 0 Å². The predicted octanol–water partition coefficient (Wildman–Crippen LogP) is 3.81. The lowest BCUT2D eigenvalue weighted by Crippen LogP contribution is -2.49. The summed E-state index contributed by atoms with van der Waals surface area (Å²) in [4.78, 5) is 0. The molecular formula is C18H28N2O. The maximum absolute atomic E-state index is 5.95. The lowest BCUT2D eigenvalue weighted by molar-refractivity contribution is -0.0688. The van der Waals surface area contributed by atoms with Gasteiger partial charge in [-0.05, 0) is 42.7 Å². The number of nitrogens with two attached hydrogens (primary N) is 1. The predicted molar refractivity (Wildman–Crippen MR) is 85.9 cm³/mol. The molecule has 1 aromatic rings. The summed E-state index contributed by atoms with van der Waals surface area (Å²) >= 11 is 0. The van der Waals surface area contributed by atoms with Gasteiger partial charge in [0.25, 0.3) is 0 Å². The van der Waals surface area contributed by atoms with Gasteiger partial charge in [0, 0.05) is 7.11 Å². The Hall–Kier alpha value is -0.900. The number of rotatable bonds is 5. The number of ether oxygens (including phenoxy) is 1. The van der Waals surface area contributed by atoms with Crippen molar-refractivity contribution in [3.63, 3.8) is 0 Å². The Labute approximate surface area is 128 Å². The van der Waals surface area contributed by atoms with Crippen LogP contribution in [0.25, 0.3) is 0 Å². The third kappa shape index (κ3) is 2.87. The van der Waals surface area contributed by atoms with Crippen LogP contribution in [0.2, 0.25) is 0 Å². The van der Waals surface area contributed by atoms with Gasteiger partial charge in [-0.25, -0.2) is 0 Å². The SMILES string of the molecule is COC1(C(NN)c2ccc(C3CCC3)cc2)CCCCC1. The summed E-state index contributed by atoms with van der Waals surface area (Å²) < 4.78 is 5.95. The fourth-order valence-corrected chi connectivity index (χ4v) is 4.01. The quantitative estimate of drug-likeness (QED) is 0.640. The molecule has 116 valence electrons. The molecule has 3 heteroatoms. The van der Waals surface area contributed by atoms with Gasteiger partial charge < -0.3 is 4.74 Å². The van der Waals surface area contributed by atoms with E-state index >= 15 is 0 Å². The molecule has 2 saturated carbocycles. The fourth-order valence-electron chi connectivity index (χ4n) is 4.01. The van der Waals surface area contributed by atoms with E-state index < -0.39 is 0 Å². The van der Waals surface area contributed by atoms with Crippen LogP contribution >= 0.6 is 0 Å². The minimum absolute atomic E-state index is 0.0817. The molecule has 0 aromatic heterocycles. The minimum Gasteiger partial charge on any atom is -0.376 e. The Morgan fingerprint density at radius 2 is 1.76 bits per heavy atom. The summed E-state index contributed by atoms with van der Waals surface area (Å²) in [5, 5.41) is 0. The number of hydrogen-bond acceptors (Lipinski definition) is 3. The molecule has 3 rings (SSSR count). The summed E-state index contributed by atoms with van der Waals surface area (Å²) in [6.07, 6.45) is 10.0. The molecule has 0 aliphatic heterocycles. The second kappa shape index (κ2) is 6.47. The number of nitrogens with one attached hydrogen (secondary N) is 1. The highest BCUT2D eigenvalue weighted by atomic mass is 16.5. The number of hydrazine groups is 1. The van der Waals surface area contributed by atoms with E-state index in [0.717, 1.165) is 18.8 Å². The van der Waals surface area contributed by atoms with Crippen molar-refractivity contribution in [1.82, 2.24) is 5.43 Å². The third-order valence-electron chi connectivity index (χ3n) is 5.65. The van der Waals surface area contributed by atoms with Crippen LogP contribution in [0.15, 0.2) is 24.3 Å². The first-order chi connectivity index (χ1) is 10.3. The van der Waals surface area contributed by atoms with Crippen molar-refractivity contribution in [3.05, 3.63) is 35.4 Å². The van der Waals surface area contributed by atoms with E-state index in [0.29, 0.717) is 0 Å². The number of methoxy groups -OCH3 is 1. The maximum atomic E-state index is 5.95. The largest absolute Gasteiger partial charge is 0.376 e. The molecule has 2 aliphatic carbocycles. The van der Waals surface area contributed by atoms with Crippen LogP contribution < -0.4 is 11.3 Å². The first kappa shape index (κ1) is 15.0. The van der Waals surface area contributed by atoms with Crippen LogP contribution in [-0.2, 0) is 4.74 Å². The van der Waals surface area contributed by atoms with Crippen molar-refractivity contribution in [2.45, 2.75) is 68.9 Å². The lowest BCUT2D eigenvalue weighted by atomic mass is 9.76. The lowest BCUT2D eigenvalue weighted by Gasteiger charge is -2.42. The Kier molecular flexibility index (Phi) is 4.63. The minimum atomic E-state index is -0.148. The molecule has 1 unspecified atom stereocenters. The van der Waals surface area contributed by atoms with Crippen molar-refractivity contribution in [1.29, 1.82) is 0 Å². The summed E-state index contributed by atoms with van der Waals surface area (Å²) in [6, 6.07) is 9.14. The van der Waals surface area contributed by atoms with E-state index in [-0.39, 0.29) is 11.6 Å². The highest BCUT2D eigenvalue weighted by Gasteiger charge is 2.40. The Balaban J connectivity index is 1.81. The van der Waals surface area contributed by atoms with Crippen LogP contribution in [0.4, 0.5) is 0 Å². The van der Waals surface area contributed by atoms with Crippen molar-refractivity contribution in [2.24, 2.45) is 5.84 Å². The summed E-state index contributed by atoms with van der Waals surface area (Å²) in [6.45, 7) is 0. The molecule has 0 amide bonds. The molecule has 1 atom stereocenters. The second-order valence-electron chi connectivity index (χ2n) is 6.72. The van der Waals surface area contributed by atoms with Crippen molar-refractivity contribution in [2.75, 3.05) is 7.11 Å². The highest BCUT2D eigenvalue weighted by molar-refractivity contribution is 5.30. The summed E-state index contributed by atoms with van der Waals surface area (Å²) in [5.74, 6) is 6.69. The number of hydrogen-bond donors (Lipinski definition) is 2. The average molecular weight is 288 g/mol. The molecule has 2 aliphatic rings. The molecule has 0 radical (unpaired) electrons. The van der Waals surface area contributed by atoms with E-state index in [1.54, 1.807) is 0 Å². The Morgan fingerprint density at radius 3 is 2.24 bits per heavy atom. The molecule has 1 aromatic carbocycles. The molecule has 0 heterocycles. The summed E-state index contributed by atoms with van der Waals surface area (Å²) in [5.41, 5.74) is 5.62. The van der Waals surface area contributed by atoms with Crippen LogP contribution in [0, 0.1) is 0 Å². The molecule has 0 spiro atoms. The maximum Gasteiger partial charge on any atom is 0.0885 e. The third-order valence-corrected chi connectivity index (χ3v) is 5.65. The molecule has 21 heavy (non-hydrogen) atoms. The zero-order valence-electron chi connectivity index (χ0n) is 13.1. The van der Waals surface area contributed by atoms with Crippen molar-refractivity contribution < 1.29 is 4.74 Å². The van der Waals surface area contributed by atoms with E-state index in [9.17, 15) is 0 Å². The Morgan fingerprint density at radius 1 is 1.10 bits per heavy atom. The highest BCUT2D eigenvalue weighted by Crippen LogP contribution is 2.42. The average Bonchev–Trinajstić information content (AvgIpc) is 2.49. The van der Waals surface area contributed by atoms with Gasteiger partial charge in [-0.3, -0.25) is 11.3 Å². The zero-order valence-corrected chi connectivity index (χ0v) is 13.1. The molecule has 3 N–H and O–H groups in total. The second-order valence-corrected chi connectivity index (χ2v) is 6.72. The van der Waals surface area contributed by atoms with Gasteiger partial charge in [0.05, 0.1) is 11.6 Å². The summed E-state index contributed by atoms with van der Waals surface area (Å²) in [7, 11) is 1.83. The van der Waals surface area contributed by atoms with Crippen LogP contribution in [-0.4, -0.2) is 12.7 Å². The molecule has 0 saturated heterocycles. The monoisotopic (exact) mass is 288 g/mol. The van der Waals surface area contributed by atoms with Crippen LogP contribution in [0.3, 0.4) is 0 Å². The van der Waals surface area contributed by atoms with Gasteiger partial charge >= 0.3 is 0 Å². The van der Waals surface area contributed by atoms with E-state index in [4.69, 9.17) is 10.6 Å². The van der Waals surface area contributed by atoms with E-state index in [2.05, 4.69) is 29.7 Å². The van der Waals surface area contributed by atoms with Gasteiger partial charge in [-0.2, -0.15) is 0 Å². The van der Waals surface area contributed by atoms with Gasteiger partial charge in [0.1, 0.15) is 0 Å². The van der Waals surface area contributed by atoms with Crippen LogP contribution in [0.5, 0.6) is 0 Å². The standard InChI is InChI=1S/C18H28N2O/c1-21-18(12-3-2-4-13-18)17(20-19)16-10-8-15(9-11-16)14-6-5-7-14/h8-11,14,17,20H,2-7,12-13,19H2,1H3. The van der Waals surface area contributed by atoms with Gasteiger partial charge in [0.2, 0.25) is 0 Å². The number of benzene rings is 1. The van der Waals surface area contributed by atoms with E-state index in [1.165, 1.54) is 49.7 Å². The fraction of sp³-hybridized carbons (Fsp3) is 0.667. The first-order valence-corrected chi connectivity index (χ1v) is 8.40.